The molecule has 0 unspecified atom stereocenters. The summed E-state index contributed by atoms with van der Waals surface area (Å²) in [5, 5.41) is 5.75. The van der Waals surface area contributed by atoms with E-state index < -0.39 is 12.0 Å². The van der Waals surface area contributed by atoms with Crippen LogP contribution in [0, 0.1) is 0 Å². The van der Waals surface area contributed by atoms with Gasteiger partial charge in [0, 0.05) is 19.5 Å². The number of benzene rings is 3. The molecule has 2 N–H and O–H groups in total. The van der Waals surface area contributed by atoms with Gasteiger partial charge in [-0.05, 0) is 16.7 Å². The number of rotatable bonds is 7. The summed E-state index contributed by atoms with van der Waals surface area (Å²) in [6.07, 6.45) is 0.347. The highest BCUT2D eigenvalue weighted by Gasteiger charge is 2.32. The van der Waals surface area contributed by atoms with Crippen LogP contribution in [-0.2, 0) is 20.8 Å². The second-order valence-corrected chi connectivity index (χ2v) is 8.12. The standard InChI is InChI=1S/C27H27N3O3/c31-24-19-30(17-16-28-24)27(33)23(18-20-10-4-1-5-11-20)29-26(32)25(21-12-6-2-7-13-21)22-14-8-3-9-15-22/h1-15,23,25H,16-19H2,(H,28,31)(H,29,32)/t23-/m0/s1. The number of piperazine rings is 1. The van der Waals surface area contributed by atoms with Gasteiger partial charge in [0.1, 0.15) is 6.04 Å². The molecule has 0 radical (unpaired) electrons. The Morgan fingerprint density at radius 1 is 0.848 bits per heavy atom. The third-order valence-corrected chi connectivity index (χ3v) is 5.78. The van der Waals surface area contributed by atoms with E-state index in [1.165, 1.54) is 4.90 Å². The molecule has 0 aliphatic carbocycles. The molecule has 0 aromatic heterocycles. The Hall–Kier alpha value is -3.93. The summed E-state index contributed by atoms with van der Waals surface area (Å²) in [5.41, 5.74) is 2.64. The summed E-state index contributed by atoms with van der Waals surface area (Å²) in [7, 11) is 0. The third kappa shape index (κ3) is 5.66. The van der Waals surface area contributed by atoms with Gasteiger partial charge in [0.05, 0.1) is 12.5 Å². The first kappa shape index (κ1) is 22.3. The van der Waals surface area contributed by atoms with Crippen LogP contribution in [0.15, 0.2) is 91.0 Å². The van der Waals surface area contributed by atoms with E-state index in [-0.39, 0.29) is 24.3 Å². The lowest BCUT2D eigenvalue weighted by atomic mass is 9.90. The molecule has 3 aromatic carbocycles. The molecule has 3 amide bonds. The van der Waals surface area contributed by atoms with Crippen molar-refractivity contribution in [1.29, 1.82) is 0 Å². The number of carbonyl (C=O) groups is 3. The molecule has 4 rings (SSSR count). The minimum absolute atomic E-state index is 0.000786. The van der Waals surface area contributed by atoms with Crippen molar-refractivity contribution in [3.8, 4) is 0 Å². The molecule has 168 valence electrons. The Bertz CT molecular complexity index is 1050. The molecule has 33 heavy (non-hydrogen) atoms. The number of hydrogen-bond donors (Lipinski definition) is 2. The van der Waals surface area contributed by atoms with Gasteiger partial charge in [0.25, 0.3) is 0 Å². The predicted octanol–water partition coefficient (Wildman–Crippen LogP) is 2.50. The average Bonchev–Trinajstić information content (AvgIpc) is 2.85. The number of carbonyl (C=O) groups excluding carboxylic acids is 3. The molecule has 1 atom stereocenters. The number of amides is 3. The predicted molar refractivity (Wildman–Crippen MR) is 126 cm³/mol. The lowest BCUT2D eigenvalue weighted by molar-refractivity contribution is -0.141. The lowest BCUT2D eigenvalue weighted by Gasteiger charge is -2.31. The Labute approximate surface area is 193 Å². The molecule has 6 nitrogen and oxygen atoms in total. The van der Waals surface area contributed by atoms with Crippen LogP contribution in [0.4, 0.5) is 0 Å². The highest BCUT2D eigenvalue weighted by molar-refractivity contribution is 5.94. The zero-order valence-electron chi connectivity index (χ0n) is 18.3. The van der Waals surface area contributed by atoms with Gasteiger partial charge < -0.3 is 15.5 Å². The van der Waals surface area contributed by atoms with Crippen molar-refractivity contribution in [2.24, 2.45) is 0 Å². The van der Waals surface area contributed by atoms with Gasteiger partial charge in [0.15, 0.2) is 0 Å². The van der Waals surface area contributed by atoms with Crippen LogP contribution < -0.4 is 10.6 Å². The number of hydrogen-bond acceptors (Lipinski definition) is 3. The Morgan fingerprint density at radius 2 is 1.39 bits per heavy atom. The van der Waals surface area contributed by atoms with Crippen LogP contribution in [-0.4, -0.2) is 48.3 Å². The van der Waals surface area contributed by atoms with Crippen molar-refractivity contribution in [3.05, 3.63) is 108 Å². The second kappa shape index (κ2) is 10.6. The fourth-order valence-corrected chi connectivity index (χ4v) is 4.14. The summed E-state index contributed by atoms with van der Waals surface area (Å²) in [6.45, 7) is 0.834. The zero-order chi connectivity index (χ0) is 23.0. The minimum atomic E-state index is -0.777. The molecule has 1 saturated heterocycles. The lowest BCUT2D eigenvalue weighted by Crippen LogP contribution is -2.56. The molecular weight excluding hydrogens is 414 g/mol. The van der Waals surface area contributed by atoms with E-state index in [9.17, 15) is 14.4 Å². The van der Waals surface area contributed by atoms with Crippen LogP contribution in [0.3, 0.4) is 0 Å². The van der Waals surface area contributed by atoms with Gasteiger partial charge in [-0.3, -0.25) is 14.4 Å². The maximum Gasteiger partial charge on any atom is 0.246 e. The highest BCUT2D eigenvalue weighted by Crippen LogP contribution is 2.25. The monoisotopic (exact) mass is 441 g/mol. The van der Waals surface area contributed by atoms with E-state index in [0.717, 1.165) is 16.7 Å². The Kier molecular flexibility index (Phi) is 7.15. The minimum Gasteiger partial charge on any atom is -0.353 e. The maximum absolute atomic E-state index is 13.6. The molecule has 6 heteroatoms. The SMILES string of the molecule is O=C1CN(C(=O)[C@H](Cc2ccccc2)NC(=O)C(c2ccccc2)c2ccccc2)CCN1. The third-order valence-electron chi connectivity index (χ3n) is 5.78. The highest BCUT2D eigenvalue weighted by atomic mass is 16.2. The summed E-state index contributed by atoms with van der Waals surface area (Å²) >= 11 is 0. The van der Waals surface area contributed by atoms with E-state index in [1.807, 2.05) is 91.0 Å². The van der Waals surface area contributed by atoms with E-state index in [0.29, 0.717) is 19.5 Å². The maximum atomic E-state index is 13.6. The quantitative estimate of drug-likeness (QED) is 0.591. The average molecular weight is 442 g/mol. The normalized spacial score (nSPS) is 14.5. The smallest absolute Gasteiger partial charge is 0.246 e. The molecule has 0 bridgehead atoms. The summed E-state index contributed by atoms with van der Waals surface area (Å²) in [4.78, 5) is 40.4. The van der Waals surface area contributed by atoms with E-state index in [4.69, 9.17) is 0 Å². The molecule has 0 spiro atoms. The molecule has 0 saturated carbocycles. The molecule has 1 fully saturated rings. The number of nitrogens with zero attached hydrogens (tertiary/aromatic N) is 1. The summed E-state index contributed by atoms with van der Waals surface area (Å²) in [5.74, 6) is -1.24. The Balaban J connectivity index is 1.62. The van der Waals surface area contributed by atoms with Crippen LogP contribution in [0.2, 0.25) is 0 Å². The van der Waals surface area contributed by atoms with Crippen molar-refractivity contribution in [2.75, 3.05) is 19.6 Å². The van der Waals surface area contributed by atoms with E-state index in [1.54, 1.807) is 0 Å². The van der Waals surface area contributed by atoms with Crippen LogP contribution in [0.5, 0.6) is 0 Å². The Morgan fingerprint density at radius 3 is 1.94 bits per heavy atom. The van der Waals surface area contributed by atoms with Gasteiger partial charge in [-0.1, -0.05) is 91.0 Å². The summed E-state index contributed by atoms with van der Waals surface area (Å²) < 4.78 is 0. The largest absolute Gasteiger partial charge is 0.353 e. The second-order valence-electron chi connectivity index (χ2n) is 8.12. The summed E-state index contributed by atoms with van der Waals surface area (Å²) in [6, 6.07) is 27.9. The fraction of sp³-hybridized carbons (Fsp3) is 0.222. The first-order valence-electron chi connectivity index (χ1n) is 11.1. The van der Waals surface area contributed by atoms with Crippen molar-refractivity contribution >= 4 is 17.7 Å². The molecule has 3 aromatic rings. The van der Waals surface area contributed by atoms with Gasteiger partial charge in [-0.25, -0.2) is 0 Å². The van der Waals surface area contributed by atoms with Crippen molar-refractivity contribution in [2.45, 2.75) is 18.4 Å². The molecule has 1 aliphatic heterocycles. The van der Waals surface area contributed by atoms with Crippen LogP contribution in [0.25, 0.3) is 0 Å². The van der Waals surface area contributed by atoms with Gasteiger partial charge >= 0.3 is 0 Å². The zero-order valence-corrected chi connectivity index (χ0v) is 18.3. The van der Waals surface area contributed by atoms with Gasteiger partial charge in [-0.15, -0.1) is 0 Å². The van der Waals surface area contributed by atoms with Crippen molar-refractivity contribution in [3.63, 3.8) is 0 Å². The topological polar surface area (TPSA) is 78.5 Å². The van der Waals surface area contributed by atoms with Crippen LogP contribution >= 0.6 is 0 Å². The van der Waals surface area contributed by atoms with Crippen LogP contribution in [0.1, 0.15) is 22.6 Å². The van der Waals surface area contributed by atoms with Gasteiger partial charge in [0.2, 0.25) is 17.7 Å². The van der Waals surface area contributed by atoms with Crippen molar-refractivity contribution < 1.29 is 14.4 Å². The first-order chi connectivity index (χ1) is 16.1. The van der Waals surface area contributed by atoms with E-state index in [2.05, 4.69) is 10.6 Å². The van der Waals surface area contributed by atoms with Gasteiger partial charge in [-0.2, -0.15) is 0 Å². The number of nitrogens with one attached hydrogen (secondary N) is 2. The van der Waals surface area contributed by atoms with E-state index >= 15 is 0 Å². The molecular formula is C27H27N3O3. The van der Waals surface area contributed by atoms with Crippen molar-refractivity contribution in [1.82, 2.24) is 15.5 Å². The fourth-order valence-electron chi connectivity index (χ4n) is 4.14. The first-order valence-corrected chi connectivity index (χ1v) is 11.1. The molecule has 1 aliphatic rings. The molecule has 1 heterocycles.